The van der Waals surface area contributed by atoms with Crippen molar-refractivity contribution in [1.82, 2.24) is 0 Å². The number of benzene rings is 5. The van der Waals surface area contributed by atoms with E-state index < -0.39 is 0 Å². The minimum atomic E-state index is 0.0486. The van der Waals surface area contributed by atoms with Crippen LogP contribution in [-0.2, 0) is 10.8 Å². The molecule has 0 nitrogen and oxygen atoms in total. The normalized spacial score (nSPS) is 14.5. The van der Waals surface area contributed by atoms with Crippen LogP contribution in [-0.4, -0.2) is 0 Å². The van der Waals surface area contributed by atoms with E-state index in [-0.39, 0.29) is 10.8 Å². The molecule has 188 valence electrons. The van der Waals surface area contributed by atoms with Gasteiger partial charge in [-0.25, -0.2) is 0 Å². The zero-order chi connectivity index (χ0) is 26.8. The van der Waals surface area contributed by atoms with Crippen LogP contribution < -0.4 is 0 Å². The molecule has 0 aliphatic heterocycles. The lowest BCUT2D eigenvalue weighted by molar-refractivity contribution is 0.590. The van der Waals surface area contributed by atoms with Gasteiger partial charge in [-0.3, -0.25) is 0 Å². The lowest BCUT2D eigenvalue weighted by Crippen LogP contribution is -2.12. The highest BCUT2D eigenvalue weighted by Crippen LogP contribution is 2.53. The Morgan fingerprint density at radius 2 is 1.08 bits per heavy atom. The third-order valence-electron chi connectivity index (χ3n) is 9.03. The van der Waals surface area contributed by atoms with Crippen LogP contribution in [0.2, 0.25) is 0 Å². The van der Waals surface area contributed by atoms with Crippen molar-refractivity contribution >= 4 is 70.2 Å². The predicted octanol–water partition coefficient (Wildman–Crippen LogP) is 11.2. The second kappa shape index (κ2) is 7.29. The molecule has 0 radical (unpaired) electrons. The van der Waals surface area contributed by atoms with Crippen molar-refractivity contribution in [3.05, 3.63) is 107 Å². The zero-order valence-electron chi connectivity index (χ0n) is 23.6. The molecule has 0 amide bonds. The Morgan fingerprint density at radius 3 is 1.72 bits per heavy atom. The Morgan fingerprint density at radius 1 is 0.513 bits per heavy atom. The van der Waals surface area contributed by atoms with Gasteiger partial charge in [-0.15, -0.1) is 5.73 Å². The van der Waals surface area contributed by atoms with Gasteiger partial charge >= 0.3 is 0 Å². The van der Waals surface area contributed by atoms with Gasteiger partial charge in [0.05, 0.1) is 0 Å². The molecule has 0 spiro atoms. The SMILES string of the molecule is CC(C)(C)c1cc2cc(C(C)(C)C)cc3c2c(c1)c1c(C2=CC=C=C2)c2cccc4c5ccccc5c(c24)c31. The molecule has 0 heterocycles. The fourth-order valence-electron chi connectivity index (χ4n) is 7.06. The molecule has 39 heavy (non-hydrogen) atoms. The van der Waals surface area contributed by atoms with Gasteiger partial charge in [-0.2, -0.15) is 0 Å². The van der Waals surface area contributed by atoms with Crippen LogP contribution in [0, 0.1) is 0 Å². The number of rotatable bonds is 1. The summed E-state index contributed by atoms with van der Waals surface area (Å²) in [5.41, 5.74) is 8.84. The van der Waals surface area contributed by atoms with E-state index in [9.17, 15) is 0 Å². The molecule has 0 aromatic heterocycles. The van der Waals surface area contributed by atoms with Crippen LogP contribution in [0.5, 0.6) is 0 Å². The molecule has 0 saturated carbocycles. The second-order valence-electron chi connectivity index (χ2n) is 13.5. The van der Waals surface area contributed by atoms with Crippen LogP contribution in [0.15, 0.2) is 90.7 Å². The summed E-state index contributed by atoms with van der Waals surface area (Å²) < 4.78 is 0. The Hall–Kier alpha value is -4.12. The highest BCUT2D eigenvalue weighted by atomic mass is 14.3. The summed E-state index contributed by atoms with van der Waals surface area (Å²) in [5, 5.41) is 16.5. The average molecular weight is 501 g/mol. The van der Waals surface area contributed by atoms with E-state index in [1.165, 1.54) is 86.9 Å². The van der Waals surface area contributed by atoms with Crippen molar-refractivity contribution in [2.45, 2.75) is 52.4 Å². The van der Waals surface area contributed by atoms with Gasteiger partial charge in [0.1, 0.15) is 0 Å². The van der Waals surface area contributed by atoms with E-state index in [1.54, 1.807) is 0 Å². The number of hydrogen-bond donors (Lipinski definition) is 0. The molecule has 0 fully saturated rings. The molecular formula is C39H32. The van der Waals surface area contributed by atoms with Gasteiger partial charge < -0.3 is 0 Å². The van der Waals surface area contributed by atoms with Gasteiger partial charge in [0, 0.05) is 0 Å². The third-order valence-corrected chi connectivity index (χ3v) is 9.03. The van der Waals surface area contributed by atoms with Gasteiger partial charge in [0.15, 0.2) is 0 Å². The van der Waals surface area contributed by atoms with Crippen LogP contribution in [0.3, 0.4) is 0 Å². The van der Waals surface area contributed by atoms with Gasteiger partial charge in [0.2, 0.25) is 0 Å². The van der Waals surface area contributed by atoms with Crippen LogP contribution in [0.1, 0.15) is 58.2 Å². The van der Waals surface area contributed by atoms with Crippen molar-refractivity contribution in [2.24, 2.45) is 0 Å². The Balaban J connectivity index is 1.77. The maximum Gasteiger partial charge on any atom is -0.000686 e. The summed E-state index contributed by atoms with van der Waals surface area (Å²) in [6.07, 6.45) is 6.46. The van der Waals surface area contributed by atoms with E-state index in [2.05, 4.69) is 132 Å². The fraction of sp³-hybridized carbons (Fsp3) is 0.205. The van der Waals surface area contributed by atoms with E-state index in [1.807, 2.05) is 0 Å². The maximum atomic E-state index is 3.36. The lowest BCUT2D eigenvalue weighted by Gasteiger charge is -2.22. The summed E-state index contributed by atoms with van der Waals surface area (Å²) in [5.74, 6) is 0. The highest BCUT2D eigenvalue weighted by molar-refractivity contribution is 6.47. The molecule has 1 aliphatic carbocycles. The topological polar surface area (TPSA) is 0 Å². The lowest BCUT2D eigenvalue weighted by atomic mass is 9.82. The van der Waals surface area contributed by atoms with E-state index in [4.69, 9.17) is 0 Å². The van der Waals surface area contributed by atoms with Crippen molar-refractivity contribution in [1.29, 1.82) is 0 Å². The minimum absolute atomic E-state index is 0.0486. The van der Waals surface area contributed by atoms with Crippen molar-refractivity contribution in [3.8, 4) is 0 Å². The largest absolute Gasteiger partial charge is 0.120 e. The molecule has 8 rings (SSSR count). The standard InChI is InChI=1S/C39H32/c1-38(2,3)24-18-23-19-25(39(4,5)6)21-31-32(23)30(20-24)36-33(22-12-7-8-13-22)29-17-11-16-27-26-14-9-10-15-28(26)35(34(27)29)37(31)36/h7,9-21H,1-6H3. The fourth-order valence-corrected chi connectivity index (χ4v) is 7.06. The average Bonchev–Trinajstić information content (AvgIpc) is 3.61. The first kappa shape index (κ1) is 22.8. The van der Waals surface area contributed by atoms with E-state index >= 15 is 0 Å². The molecule has 0 atom stereocenters. The molecule has 0 unspecified atom stereocenters. The van der Waals surface area contributed by atoms with Crippen molar-refractivity contribution in [2.75, 3.05) is 0 Å². The molecule has 0 heteroatoms. The molecular weight excluding hydrogens is 468 g/mol. The van der Waals surface area contributed by atoms with Crippen LogP contribution in [0.4, 0.5) is 0 Å². The molecule has 7 aromatic carbocycles. The van der Waals surface area contributed by atoms with Crippen molar-refractivity contribution in [3.63, 3.8) is 0 Å². The van der Waals surface area contributed by atoms with Gasteiger partial charge in [-0.1, -0.05) is 96.1 Å². The molecule has 0 N–H and O–H groups in total. The van der Waals surface area contributed by atoms with Crippen LogP contribution >= 0.6 is 0 Å². The highest BCUT2D eigenvalue weighted by Gasteiger charge is 2.28. The third kappa shape index (κ3) is 2.96. The van der Waals surface area contributed by atoms with Crippen molar-refractivity contribution < 1.29 is 0 Å². The maximum absolute atomic E-state index is 3.36. The number of fused-ring (bicyclic) bond motifs is 7. The predicted molar refractivity (Wildman–Crippen MR) is 172 cm³/mol. The smallest absolute Gasteiger partial charge is 0.000686 e. The molecule has 0 saturated heterocycles. The summed E-state index contributed by atoms with van der Waals surface area (Å²) in [6, 6.07) is 25.8. The first-order chi connectivity index (χ1) is 18.6. The van der Waals surface area contributed by atoms with E-state index in [0.717, 1.165) is 0 Å². The summed E-state index contributed by atoms with van der Waals surface area (Å²) >= 11 is 0. The number of hydrogen-bond acceptors (Lipinski definition) is 0. The first-order valence-corrected chi connectivity index (χ1v) is 14.1. The van der Waals surface area contributed by atoms with Gasteiger partial charge in [0.25, 0.3) is 0 Å². The molecule has 1 aliphatic rings. The van der Waals surface area contributed by atoms with Gasteiger partial charge in [-0.05, 0) is 128 Å². The summed E-state index contributed by atoms with van der Waals surface area (Å²) in [6.45, 7) is 14.0. The molecule has 7 aromatic rings. The second-order valence-corrected chi connectivity index (χ2v) is 13.5. The summed E-state index contributed by atoms with van der Waals surface area (Å²) in [4.78, 5) is 0. The summed E-state index contributed by atoms with van der Waals surface area (Å²) in [7, 11) is 0. The monoisotopic (exact) mass is 500 g/mol. The molecule has 0 bridgehead atoms. The Bertz CT molecular complexity index is 2240. The van der Waals surface area contributed by atoms with Crippen LogP contribution in [0.25, 0.3) is 70.2 Å². The zero-order valence-corrected chi connectivity index (χ0v) is 23.6. The number of allylic oxidation sites excluding steroid dienone is 3. The van der Waals surface area contributed by atoms with E-state index in [0.29, 0.717) is 0 Å². The Labute approximate surface area is 229 Å². The Kier molecular flexibility index (Phi) is 4.27. The first-order valence-electron chi connectivity index (χ1n) is 14.1. The quantitative estimate of drug-likeness (QED) is 0.197. The minimum Gasteiger partial charge on any atom is -0.120 e.